The van der Waals surface area contributed by atoms with Crippen molar-refractivity contribution in [3.8, 4) is 0 Å². The number of sulfonamides is 1. The number of carbonyl (C=O) groups is 1. The highest BCUT2D eigenvalue weighted by Crippen LogP contribution is 2.32. The Kier molecular flexibility index (Phi) is 4.72. The maximum Gasteiger partial charge on any atom is 0.416 e. The predicted octanol–water partition coefficient (Wildman–Crippen LogP) is 2.50. The average Bonchev–Trinajstić information content (AvgIpc) is 2.46. The lowest BCUT2D eigenvalue weighted by Crippen LogP contribution is -2.40. The van der Waals surface area contributed by atoms with E-state index < -0.39 is 33.7 Å². The summed E-state index contributed by atoms with van der Waals surface area (Å²) in [6, 6.07) is 2.50. The van der Waals surface area contributed by atoms with Crippen LogP contribution >= 0.6 is 0 Å². The number of hydrogen-bond acceptors (Lipinski definition) is 3. The molecule has 1 saturated heterocycles. The third-order valence-corrected chi connectivity index (χ3v) is 5.98. The minimum absolute atomic E-state index is 0.0141. The molecule has 5 nitrogen and oxygen atoms in total. The van der Waals surface area contributed by atoms with Crippen molar-refractivity contribution >= 4 is 16.0 Å². The quantitative estimate of drug-likeness (QED) is 0.908. The topological polar surface area (TPSA) is 74.7 Å². The summed E-state index contributed by atoms with van der Waals surface area (Å²) in [7, 11) is -3.93. The first-order valence-corrected chi connectivity index (χ1v) is 8.38. The maximum absolute atomic E-state index is 12.7. The molecule has 0 amide bonds. The summed E-state index contributed by atoms with van der Waals surface area (Å²) in [4.78, 5) is 10.7. The van der Waals surface area contributed by atoms with Crippen molar-refractivity contribution in [3.63, 3.8) is 0 Å². The molecule has 1 aromatic carbocycles. The van der Waals surface area contributed by atoms with E-state index in [9.17, 15) is 26.4 Å². The van der Waals surface area contributed by atoms with Gasteiger partial charge in [0.2, 0.25) is 10.0 Å². The van der Waals surface area contributed by atoms with Crippen LogP contribution in [0.1, 0.15) is 24.0 Å². The van der Waals surface area contributed by atoms with Crippen LogP contribution in [0.15, 0.2) is 23.1 Å². The van der Waals surface area contributed by atoms with Gasteiger partial charge >= 0.3 is 12.1 Å². The Labute approximate surface area is 131 Å². The van der Waals surface area contributed by atoms with E-state index >= 15 is 0 Å². The van der Waals surface area contributed by atoms with Gasteiger partial charge < -0.3 is 5.11 Å². The highest BCUT2D eigenvalue weighted by Gasteiger charge is 2.35. The van der Waals surface area contributed by atoms with Gasteiger partial charge in [-0.3, -0.25) is 4.79 Å². The van der Waals surface area contributed by atoms with Crippen molar-refractivity contribution in [2.75, 3.05) is 13.1 Å². The van der Waals surface area contributed by atoms with Crippen LogP contribution in [0, 0.1) is 12.8 Å². The molecule has 0 unspecified atom stereocenters. The van der Waals surface area contributed by atoms with E-state index in [-0.39, 0.29) is 36.4 Å². The van der Waals surface area contributed by atoms with Crippen LogP contribution in [0.3, 0.4) is 0 Å². The van der Waals surface area contributed by atoms with E-state index in [0.717, 1.165) is 22.5 Å². The molecule has 0 aromatic heterocycles. The molecule has 1 aromatic rings. The maximum atomic E-state index is 12.7. The number of carboxylic acids is 1. The number of hydrogen-bond donors (Lipinski definition) is 1. The zero-order valence-electron chi connectivity index (χ0n) is 12.3. The van der Waals surface area contributed by atoms with Crippen LogP contribution in [0.5, 0.6) is 0 Å². The van der Waals surface area contributed by atoms with E-state index in [2.05, 4.69) is 0 Å². The van der Waals surface area contributed by atoms with Gasteiger partial charge in [0.25, 0.3) is 0 Å². The number of benzene rings is 1. The number of halogens is 3. The van der Waals surface area contributed by atoms with E-state index in [1.54, 1.807) is 0 Å². The lowest BCUT2D eigenvalue weighted by atomic mass is 9.99. The van der Waals surface area contributed by atoms with Gasteiger partial charge in [0.1, 0.15) is 0 Å². The van der Waals surface area contributed by atoms with Gasteiger partial charge in [-0.15, -0.1) is 0 Å². The molecule has 1 N–H and O–H groups in total. The molecule has 2 rings (SSSR count). The molecule has 1 aliphatic rings. The zero-order chi connectivity index (χ0) is 17.4. The molecule has 128 valence electrons. The predicted molar refractivity (Wildman–Crippen MR) is 75.3 cm³/mol. The number of alkyl halides is 3. The number of aliphatic carboxylic acids is 1. The summed E-state index contributed by atoms with van der Waals surface area (Å²) in [5.74, 6) is -1.55. The Balaban J connectivity index is 2.26. The van der Waals surface area contributed by atoms with E-state index in [1.807, 2.05) is 0 Å². The van der Waals surface area contributed by atoms with Gasteiger partial charge in [-0.2, -0.15) is 17.5 Å². The fourth-order valence-corrected chi connectivity index (χ4v) is 4.27. The van der Waals surface area contributed by atoms with Gasteiger partial charge in [-0.1, -0.05) is 0 Å². The highest BCUT2D eigenvalue weighted by molar-refractivity contribution is 7.89. The van der Waals surface area contributed by atoms with E-state index in [1.165, 1.54) is 6.92 Å². The SMILES string of the molecule is Cc1cc(C(F)(F)F)ccc1S(=O)(=O)N1CCC(C(=O)O)CC1. The van der Waals surface area contributed by atoms with Crippen LogP contribution in [0.2, 0.25) is 0 Å². The molecular weight excluding hydrogens is 335 g/mol. The van der Waals surface area contributed by atoms with Crippen LogP contribution in [0.4, 0.5) is 13.2 Å². The summed E-state index contributed by atoms with van der Waals surface area (Å²) in [5.41, 5.74) is -0.890. The number of carboxylic acid groups (broad SMARTS) is 1. The molecule has 1 heterocycles. The molecule has 23 heavy (non-hydrogen) atoms. The Morgan fingerprint density at radius 3 is 2.26 bits per heavy atom. The van der Waals surface area contributed by atoms with Crippen molar-refractivity contribution in [3.05, 3.63) is 29.3 Å². The fourth-order valence-electron chi connectivity index (χ4n) is 2.60. The molecule has 0 atom stereocenters. The second-order valence-corrected chi connectivity index (χ2v) is 7.40. The van der Waals surface area contributed by atoms with Crippen molar-refractivity contribution in [2.45, 2.75) is 30.8 Å². The number of aryl methyl sites for hydroxylation is 1. The monoisotopic (exact) mass is 351 g/mol. The standard InChI is InChI=1S/C14H16F3NO4S/c1-9-8-11(14(15,16)17)2-3-12(9)23(21,22)18-6-4-10(5-7-18)13(19)20/h2-3,8,10H,4-7H2,1H3,(H,19,20). The fraction of sp³-hybridized carbons (Fsp3) is 0.500. The first-order valence-electron chi connectivity index (χ1n) is 6.94. The van der Waals surface area contributed by atoms with E-state index in [0.29, 0.717) is 0 Å². The highest BCUT2D eigenvalue weighted by atomic mass is 32.2. The lowest BCUT2D eigenvalue weighted by Gasteiger charge is -2.29. The smallest absolute Gasteiger partial charge is 0.416 e. The van der Waals surface area contributed by atoms with E-state index in [4.69, 9.17) is 5.11 Å². The molecule has 9 heteroatoms. The third-order valence-electron chi connectivity index (χ3n) is 3.92. The van der Waals surface area contributed by atoms with Crippen LogP contribution in [-0.2, 0) is 21.0 Å². The van der Waals surface area contributed by atoms with Gasteiger partial charge in [-0.25, -0.2) is 8.42 Å². The first kappa shape index (κ1) is 17.7. The molecule has 1 fully saturated rings. The Hall–Kier alpha value is -1.61. The molecule has 0 spiro atoms. The number of nitrogens with zero attached hydrogens (tertiary/aromatic N) is 1. The Morgan fingerprint density at radius 2 is 1.83 bits per heavy atom. The molecule has 0 saturated carbocycles. The Morgan fingerprint density at radius 1 is 1.26 bits per heavy atom. The second kappa shape index (κ2) is 6.12. The van der Waals surface area contributed by atoms with Gasteiger partial charge in [0, 0.05) is 13.1 Å². The van der Waals surface area contributed by atoms with Gasteiger partial charge in [-0.05, 0) is 43.5 Å². The summed E-state index contributed by atoms with van der Waals surface area (Å²) < 4.78 is 64.2. The minimum atomic E-state index is -4.53. The van der Waals surface area contributed by atoms with Crippen molar-refractivity contribution in [1.82, 2.24) is 4.31 Å². The van der Waals surface area contributed by atoms with Crippen molar-refractivity contribution in [2.24, 2.45) is 5.92 Å². The molecule has 1 aliphatic heterocycles. The average molecular weight is 351 g/mol. The normalized spacial score (nSPS) is 18.1. The molecular formula is C14H16F3NO4S. The second-order valence-electron chi connectivity index (χ2n) is 5.49. The summed E-state index contributed by atoms with van der Waals surface area (Å²) >= 11 is 0. The minimum Gasteiger partial charge on any atom is -0.481 e. The van der Waals surface area contributed by atoms with Crippen molar-refractivity contribution < 1.29 is 31.5 Å². The lowest BCUT2D eigenvalue weighted by molar-refractivity contribution is -0.143. The molecule has 0 aliphatic carbocycles. The van der Waals surface area contributed by atoms with Gasteiger partial charge in [0.15, 0.2) is 0 Å². The molecule has 0 radical (unpaired) electrons. The first-order chi connectivity index (χ1) is 10.5. The summed E-state index contributed by atoms with van der Waals surface area (Å²) in [5, 5.41) is 8.92. The van der Waals surface area contributed by atoms with Crippen LogP contribution in [0.25, 0.3) is 0 Å². The zero-order valence-corrected chi connectivity index (χ0v) is 13.1. The molecule has 0 bridgehead atoms. The summed E-state index contributed by atoms with van der Waals surface area (Å²) in [6.07, 6.45) is -4.16. The Bertz CT molecular complexity index is 707. The number of rotatable bonds is 3. The summed E-state index contributed by atoms with van der Waals surface area (Å²) in [6.45, 7) is 1.39. The largest absolute Gasteiger partial charge is 0.481 e. The van der Waals surface area contributed by atoms with Gasteiger partial charge in [0.05, 0.1) is 16.4 Å². The third kappa shape index (κ3) is 3.66. The number of piperidine rings is 1. The van der Waals surface area contributed by atoms with Crippen molar-refractivity contribution in [1.29, 1.82) is 0 Å². The van der Waals surface area contributed by atoms with Crippen LogP contribution in [-0.4, -0.2) is 36.9 Å². The van der Waals surface area contributed by atoms with Crippen LogP contribution < -0.4 is 0 Å².